The highest BCUT2D eigenvalue weighted by molar-refractivity contribution is 5.96. The van der Waals surface area contributed by atoms with Gasteiger partial charge in [0.2, 0.25) is 5.91 Å². The summed E-state index contributed by atoms with van der Waals surface area (Å²) in [6.07, 6.45) is 0.641. The Morgan fingerprint density at radius 3 is 2.59 bits per heavy atom. The van der Waals surface area contributed by atoms with Crippen LogP contribution >= 0.6 is 0 Å². The van der Waals surface area contributed by atoms with Crippen LogP contribution in [0, 0.1) is 0 Å². The number of benzene rings is 1. The summed E-state index contributed by atoms with van der Waals surface area (Å²) in [6.45, 7) is 0.294. The van der Waals surface area contributed by atoms with Crippen LogP contribution < -0.4 is 11.1 Å². The molecule has 1 aromatic carbocycles. The number of amides is 2. The highest BCUT2D eigenvalue weighted by Crippen LogP contribution is 2.22. The summed E-state index contributed by atoms with van der Waals surface area (Å²) in [4.78, 5) is 22.0. The highest BCUT2D eigenvalue weighted by Gasteiger charge is 2.10. The Morgan fingerprint density at radius 2 is 2.00 bits per heavy atom. The zero-order chi connectivity index (χ0) is 12.8. The van der Waals surface area contributed by atoms with E-state index in [1.54, 1.807) is 0 Å². The molecule has 0 atom stereocenters. The van der Waals surface area contributed by atoms with Gasteiger partial charge in [0.05, 0.1) is 5.56 Å². The Bertz CT molecular complexity index is 431. The predicted molar refractivity (Wildman–Crippen MR) is 60.5 cm³/mol. The van der Waals surface area contributed by atoms with Gasteiger partial charge < -0.3 is 21.3 Å². The SMILES string of the molecule is NC(=O)CCCNC(=O)c1ccc(O)cc1O. The number of aromatic hydroxyl groups is 2. The molecule has 0 aliphatic rings. The molecule has 0 aromatic heterocycles. The zero-order valence-electron chi connectivity index (χ0n) is 9.14. The molecule has 5 N–H and O–H groups in total. The summed E-state index contributed by atoms with van der Waals surface area (Å²) in [5.74, 6) is -1.30. The Balaban J connectivity index is 2.50. The van der Waals surface area contributed by atoms with Gasteiger partial charge >= 0.3 is 0 Å². The van der Waals surface area contributed by atoms with E-state index in [1.165, 1.54) is 12.1 Å². The fourth-order valence-corrected chi connectivity index (χ4v) is 1.27. The average Bonchev–Trinajstić information content (AvgIpc) is 2.23. The maximum atomic E-state index is 11.6. The van der Waals surface area contributed by atoms with Crippen molar-refractivity contribution < 1.29 is 19.8 Å². The maximum Gasteiger partial charge on any atom is 0.255 e. The first-order valence-corrected chi connectivity index (χ1v) is 5.09. The second kappa shape index (κ2) is 5.74. The first-order chi connectivity index (χ1) is 8.00. The number of rotatable bonds is 5. The zero-order valence-corrected chi connectivity index (χ0v) is 9.14. The summed E-state index contributed by atoms with van der Waals surface area (Å²) >= 11 is 0. The van der Waals surface area contributed by atoms with E-state index >= 15 is 0 Å². The molecule has 0 heterocycles. The Kier molecular flexibility index (Phi) is 4.33. The molecule has 92 valence electrons. The van der Waals surface area contributed by atoms with Crippen molar-refractivity contribution in [2.75, 3.05) is 6.54 Å². The van der Waals surface area contributed by atoms with Crippen LogP contribution in [-0.2, 0) is 4.79 Å². The standard InChI is InChI=1S/C11H14N2O4/c12-10(16)2-1-5-13-11(17)8-4-3-7(14)6-9(8)15/h3-4,6,14-15H,1-2,5H2,(H2,12,16)(H,13,17). The molecule has 1 rings (SSSR count). The summed E-state index contributed by atoms with van der Waals surface area (Å²) in [6, 6.07) is 3.70. The number of hydrogen-bond acceptors (Lipinski definition) is 4. The number of phenolic OH excluding ortho intramolecular Hbond substituents is 2. The lowest BCUT2D eigenvalue weighted by atomic mass is 10.1. The molecule has 6 heteroatoms. The van der Waals surface area contributed by atoms with Crippen molar-refractivity contribution in [3.8, 4) is 11.5 Å². The molecule has 6 nitrogen and oxygen atoms in total. The first-order valence-electron chi connectivity index (χ1n) is 5.09. The number of hydrogen-bond donors (Lipinski definition) is 4. The third-order valence-corrected chi connectivity index (χ3v) is 2.11. The van der Waals surface area contributed by atoms with Crippen LogP contribution in [-0.4, -0.2) is 28.6 Å². The fraction of sp³-hybridized carbons (Fsp3) is 0.273. The monoisotopic (exact) mass is 238 g/mol. The van der Waals surface area contributed by atoms with E-state index < -0.39 is 11.8 Å². The van der Waals surface area contributed by atoms with E-state index in [0.29, 0.717) is 13.0 Å². The molecule has 0 saturated carbocycles. The molecular formula is C11H14N2O4. The predicted octanol–water partition coefficient (Wildman–Crippen LogP) is 0.0931. The maximum absolute atomic E-state index is 11.6. The number of carbonyl (C=O) groups is 2. The molecular weight excluding hydrogens is 224 g/mol. The molecule has 0 radical (unpaired) electrons. The molecule has 1 aromatic rings. The number of phenols is 2. The van der Waals surface area contributed by atoms with Gasteiger partial charge in [-0.3, -0.25) is 9.59 Å². The van der Waals surface area contributed by atoms with Crippen molar-refractivity contribution in [1.29, 1.82) is 0 Å². The molecule has 17 heavy (non-hydrogen) atoms. The van der Waals surface area contributed by atoms with Gasteiger partial charge in [-0.15, -0.1) is 0 Å². The minimum atomic E-state index is -0.466. The van der Waals surface area contributed by atoms with Crippen LogP contribution in [0.5, 0.6) is 11.5 Å². The van der Waals surface area contributed by atoms with Gasteiger partial charge in [0.1, 0.15) is 11.5 Å². The molecule has 0 aliphatic carbocycles. The van der Waals surface area contributed by atoms with Crippen LogP contribution in [0.2, 0.25) is 0 Å². The van der Waals surface area contributed by atoms with Crippen LogP contribution in [0.3, 0.4) is 0 Å². The molecule has 0 spiro atoms. The minimum Gasteiger partial charge on any atom is -0.508 e. The van der Waals surface area contributed by atoms with Gasteiger partial charge in [-0.2, -0.15) is 0 Å². The molecule has 0 unspecified atom stereocenters. The lowest BCUT2D eigenvalue weighted by Crippen LogP contribution is -2.25. The van der Waals surface area contributed by atoms with Crippen LogP contribution in [0.15, 0.2) is 18.2 Å². The topological polar surface area (TPSA) is 113 Å². The molecule has 0 bridgehead atoms. The molecule has 2 amide bonds. The van der Waals surface area contributed by atoms with Crippen molar-refractivity contribution in [3.63, 3.8) is 0 Å². The second-order valence-electron chi connectivity index (χ2n) is 3.53. The average molecular weight is 238 g/mol. The number of primary amides is 1. The van der Waals surface area contributed by atoms with E-state index in [0.717, 1.165) is 6.07 Å². The number of nitrogens with one attached hydrogen (secondary N) is 1. The van der Waals surface area contributed by atoms with E-state index in [-0.39, 0.29) is 23.5 Å². The molecule has 0 saturated heterocycles. The Labute approximate surface area is 98.1 Å². The van der Waals surface area contributed by atoms with Gasteiger partial charge in [0.15, 0.2) is 0 Å². The van der Waals surface area contributed by atoms with Crippen molar-refractivity contribution >= 4 is 11.8 Å². The van der Waals surface area contributed by atoms with E-state index in [9.17, 15) is 14.7 Å². The third-order valence-electron chi connectivity index (χ3n) is 2.11. The van der Waals surface area contributed by atoms with Gasteiger partial charge in [-0.1, -0.05) is 0 Å². The van der Waals surface area contributed by atoms with Gasteiger partial charge in [-0.25, -0.2) is 0 Å². The van der Waals surface area contributed by atoms with Crippen molar-refractivity contribution in [2.45, 2.75) is 12.8 Å². The summed E-state index contributed by atoms with van der Waals surface area (Å²) in [5.41, 5.74) is 5.01. The van der Waals surface area contributed by atoms with Crippen LogP contribution in [0.25, 0.3) is 0 Å². The van der Waals surface area contributed by atoms with Crippen LogP contribution in [0.1, 0.15) is 23.2 Å². The summed E-state index contributed by atoms with van der Waals surface area (Å²) in [7, 11) is 0. The Hall–Kier alpha value is -2.24. The smallest absolute Gasteiger partial charge is 0.255 e. The quantitative estimate of drug-likeness (QED) is 0.544. The van der Waals surface area contributed by atoms with Gasteiger partial charge in [-0.05, 0) is 18.6 Å². The largest absolute Gasteiger partial charge is 0.508 e. The normalized spacial score (nSPS) is 9.88. The lowest BCUT2D eigenvalue weighted by molar-refractivity contribution is -0.118. The summed E-state index contributed by atoms with van der Waals surface area (Å²) in [5, 5.41) is 21.0. The van der Waals surface area contributed by atoms with E-state index in [1.807, 2.05) is 0 Å². The number of carbonyl (C=O) groups excluding carboxylic acids is 2. The lowest BCUT2D eigenvalue weighted by Gasteiger charge is -2.06. The Morgan fingerprint density at radius 1 is 1.29 bits per heavy atom. The second-order valence-corrected chi connectivity index (χ2v) is 3.53. The molecule has 0 aliphatic heterocycles. The van der Waals surface area contributed by atoms with Crippen LogP contribution in [0.4, 0.5) is 0 Å². The van der Waals surface area contributed by atoms with E-state index in [4.69, 9.17) is 10.8 Å². The number of nitrogens with two attached hydrogens (primary N) is 1. The van der Waals surface area contributed by atoms with Crippen molar-refractivity contribution in [2.24, 2.45) is 5.73 Å². The first kappa shape index (κ1) is 12.8. The fourth-order valence-electron chi connectivity index (χ4n) is 1.27. The van der Waals surface area contributed by atoms with Gasteiger partial charge in [0, 0.05) is 19.0 Å². The third kappa shape index (κ3) is 4.02. The highest BCUT2D eigenvalue weighted by atomic mass is 16.3. The summed E-state index contributed by atoms with van der Waals surface area (Å²) < 4.78 is 0. The van der Waals surface area contributed by atoms with Gasteiger partial charge in [0.25, 0.3) is 5.91 Å². The molecule has 0 fully saturated rings. The van der Waals surface area contributed by atoms with Crippen molar-refractivity contribution in [1.82, 2.24) is 5.32 Å². The van der Waals surface area contributed by atoms with E-state index in [2.05, 4.69) is 5.32 Å². The van der Waals surface area contributed by atoms with Crippen molar-refractivity contribution in [3.05, 3.63) is 23.8 Å². The minimum absolute atomic E-state index is 0.0712.